The van der Waals surface area contributed by atoms with Crippen molar-refractivity contribution in [1.29, 1.82) is 0 Å². The fourth-order valence-electron chi connectivity index (χ4n) is 3.14. The van der Waals surface area contributed by atoms with Gasteiger partial charge in [-0.25, -0.2) is 0 Å². The molecule has 4 rings (SSSR count). The SMILES string of the molecule is COc1ccc(C(=O)N/C(=C/c2ccc3c(c2)OCO3)C(=O)NCc2ccccc2)cc1. The second kappa shape index (κ2) is 9.70. The third-order valence-electron chi connectivity index (χ3n) is 4.85. The van der Waals surface area contributed by atoms with Gasteiger partial charge in [-0.3, -0.25) is 9.59 Å². The maximum absolute atomic E-state index is 13.0. The van der Waals surface area contributed by atoms with Gasteiger partial charge in [-0.05, 0) is 53.6 Å². The molecule has 0 spiro atoms. The highest BCUT2D eigenvalue weighted by Crippen LogP contribution is 2.33. The van der Waals surface area contributed by atoms with Gasteiger partial charge in [0.15, 0.2) is 11.5 Å². The van der Waals surface area contributed by atoms with Crippen LogP contribution < -0.4 is 24.8 Å². The Morgan fingerprint density at radius 3 is 2.47 bits per heavy atom. The van der Waals surface area contributed by atoms with Gasteiger partial charge in [0.2, 0.25) is 6.79 Å². The average molecular weight is 430 g/mol. The van der Waals surface area contributed by atoms with Crippen molar-refractivity contribution in [3.63, 3.8) is 0 Å². The van der Waals surface area contributed by atoms with Crippen LogP contribution in [-0.2, 0) is 11.3 Å². The van der Waals surface area contributed by atoms with E-state index in [0.717, 1.165) is 5.56 Å². The van der Waals surface area contributed by atoms with Crippen molar-refractivity contribution < 1.29 is 23.8 Å². The topological polar surface area (TPSA) is 85.9 Å². The maximum Gasteiger partial charge on any atom is 0.268 e. The van der Waals surface area contributed by atoms with Crippen LogP contribution in [0.1, 0.15) is 21.5 Å². The van der Waals surface area contributed by atoms with Crippen molar-refractivity contribution in [2.24, 2.45) is 0 Å². The lowest BCUT2D eigenvalue weighted by Crippen LogP contribution is -2.34. The number of hydrogen-bond donors (Lipinski definition) is 2. The highest BCUT2D eigenvalue weighted by molar-refractivity contribution is 6.05. The van der Waals surface area contributed by atoms with E-state index in [1.165, 1.54) is 0 Å². The Morgan fingerprint density at radius 1 is 0.969 bits per heavy atom. The van der Waals surface area contributed by atoms with Gasteiger partial charge >= 0.3 is 0 Å². The van der Waals surface area contributed by atoms with Crippen LogP contribution >= 0.6 is 0 Å². The molecule has 0 radical (unpaired) electrons. The minimum Gasteiger partial charge on any atom is -0.497 e. The molecule has 3 aromatic rings. The molecule has 0 aliphatic carbocycles. The zero-order chi connectivity index (χ0) is 22.3. The summed E-state index contributed by atoms with van der Waals surface area (Å²) in [6.45, 7) is 0.484. The summed E-state index contributed by atoms with van der Waals surface area (Å²) >= 11 is 0. The molecule has 32 heavy (non-hydrogen) atoms. The number of nitrogens with one attached hydrogen (secondary N) is 2. The van der Waals surface area contributed by atoms with E-state index in [4.69, 9.17) is 14.2 Å². The van der Waals surface area contributed by atoms with Crippen LogP contribution in [0.3, 0.4) is 0 Å². The first-order valence-electron chi connectivity index (χ1n) is 10.0. The van der Waals surface area contributed by atoms with Crippen LogP contribution in [0.5, 0.6) is 17.2 Å². The van der Waals surface area contributed by atoms with E-state index in [1.807, 2.05) is 30.3 Å². The van der Waals surface area contributed by atoms with Crippen LogP contribution in [0, 0.1) is 0 Å². The number of fused-ring (bicyclic) bond motifs is 1. The van der Waals surface area contributed by atoms with Gasteiger partial charge in [-0.2, -0.15) is 0 Å². The molecule has 1 heterocycles. The lowest BCUT2D eigenvalue weighted by atomic mass is 10.1. The largest absolute Gasteiger partial charge is 0.497 e. The molecule has 7 nitrogen and oxygen atoms in total. The fraction of sp³-hybridized carbons (Fsp3) is 0.120. The van der Waals surface area contributed by atoms with E-state index in [-0.39, 0.29) is 12.5 Å². The lowest BCUT2D eigenvalue weighted by molar-refractivity contribution is -0.117. The Hall–Kier alpha value is -4.26. The molecule has 162 valence electrons. The molecule has 0 atom stereocenters. The molecule has 1 aliphatic rings. The highest BCUT2D eigenvalue weighted by Gasteiger charge is 2.17. The van der Waals surface area contributed by atoms with E-state index in [0.29, 0.717) is 34.9 Å². The van der Waals surface area contributed by atoms with E-state index < -0.39 is 11.8 Å². The Kier molecular flexibility index (Phi) is 6.36. The first-order valence-corrected chi connectivity index (χ1v) is 10.0. The van der Waals surface area contributed by atoms with Crippen molar-refractivity contribution in [3.05, 3.63) is 95.2 Å². The summed E-state index contributed by atoms with van der Waals surface area (Å²) in [7, 11) is 1.55. The molecular weight excluding hydrogens is 408 g/mol. The Balaban J connectivity index is 1.56. The Morgan fingerprint density at radius 2 is 1.72 bits per heavy atom. The molecule has 2 N–H and O–H groups in total. The van der Waals surface area contributed by atoms with E-state index >= 15 is 0 Å². The standard InChI is InChI=1S/C25H22N2O5/c1-30-20-10-8-19(9-11-20)24(28)27-21(25(29)26-15-17-5-3-2-4-6-17)13-18-7-12-22-23(14-18)32-16-31-22/h2-14H,15-16H2,1H3,(H,26,29)(H,27,28)/b21-13+. The molecule has 0 bridgehead atoms. The number of methoxy groups -OCH3 is 1. The van der Waals surface area contributed by atoms with Gasteiger partial charge in [-0.1, -0.05) is 36.4 Å². The van der Waals surface area contributed by atoms with Crippen LogP contribution in [-0.4, -0.2) is 25.7 Å². The smallest absolute Gasteiger partial charge is 0.268 e. The zero-order valence-corrected chi connectivity index (χ0v) is 17.5. The number of benzene rings is 3. The van der Waals surface area contributed by atoms with E-state index in [2.05, 4.69) is 10.6 Å². The monoisotopic (exact) mass is 430 g/mol. The average Bonchev–Trinajstić information content (AvgIpc) is 3.30. The zero-order valence-electron chi connectivity index (χ0n) is 17.5. The minimum atomic E-state index is -0.409. The molecule has 0 aromatic heterocycles. The number of carbonyl (C=O) groups is 2. The summed E-state index contributed by atoms with van der Waals surface area (Å²) in [5.41, 5.74) is 2.15. The van der Waals surface area contributed by atoms with Crippen LogP contribution in [0.25, 0.3) is 6.08 Å². The van der Waals surface area contributed by atoms with Crippen LogP contribution in [0.15, 0.2) is 78.5 Å². The van der Waals surface area contributed by atoms with Gasteiger partial charge < -0.3 is 24.8 Å². The van der Waals surface area contributed by atoms with E-state index in [1.54, 1.807) is 55.7 Å². The third kappa shape index (κ3) is 5.07. The summed E-state index contributed by atoms with van der Waals surface area (Å²) in [5.74, 6) is 1.05. The number of amides is 2. The van der Waals surface area contributed by atoms with Crippen molar-refractivity contribution in [2.45, 2.75) is 6.54 Å². The number of hydrogen-bond acceptors (Lipinski definition) is 5. The number of carbonyl (C=O) groups excluding carboxylic acids is 2. The molecule has 0 saturated heterocycles. The first kappa shape index (κ1) is 21.0. The number of ether oxygens (including phenoxy) is 3. The van der Waals surface area contributed by atoms with Crippen molar-refractivity contribution in [1.82, 2.24) is 10.6 Å². The van der Waals surface area contributed by atoms with Crippen LogP contribution in [0.2, 0.25) is 0 Å². The number of rotatable bonds is 7. The second-order valence-electron chi connectivity index (χ2n) is 7.02. The lowest BCUT2D eigenvalue weighted by Gasteiger charge is -2.12. The first-order chi connectivity index (χ1) is 15.6. The molecular formula is C25H22N2O5. The summed E-state index contributed by atoms with van der Waals surface area (Å²) in [6.07, 6.45) is 1.60. The molecule has 0 saturated carbocycles. The van der Waals surface area contributed by atoms with Gasteiger partial charge in [-0.15, -0.1) is 0 Å². The maximum atomic E-state index is 13.0. The molecule has 0 unspecified atom stereocenters. The second-order valence-corrected chi connectivity index (χ2v) is 7.02. The van der Waals surface area contributed by atoms with Crippen molar-refractivity contribution >= 4 is 17.9 Å². The predicted molar refractivity (Wildman–Crippen MR) is 119 cm³/mol. The summed E-state index contributed by atoms with van der Waals surface area (Å²) in [5, 5.41) is 5.57. The van der Waals surface area contributed by atoms with Crippen molar-refractivity contribution in [3.8, 4) is 17.2 Å². The molecule has 3 aromatic carbocycles. The quantitative estimate of drug-likeness (QED) is 0.561. The summed E-state index contributed by atoms with van der Waals surface area (Å²) in [4.78, 5) is 25.7. The van der Waals surface area contributed by atoms with Crippen LogP contribution in [0.4, 0.5) is 0 Å². The third-order valence-corrected chi connectivity index (χ3v) is 4.85. The molecule has 2 amide bonds. The normalized spacial score (nSPS) is 12.2. The molecule has 7 heteroatoms. The summed E-state index contributed by atoms with van der Waals surface area (Å²) in [6, 6.07) is 21.5. The van der Waals surface area contributed by atoms with Gasteiger partial charge in [0.05, 0.1) is 7.11 Å². The highest BCUT2D eigenvalue weighted by atomic mass is 16.7. The predicted octanol–water partition coefficient (Wildman–Crippen LogP) is 3.51. The Bertz CT molecular complexity index is 1140. The van der Waals surface area contributed by atoms with Gasteiger partial charge in [0.25, 0.3) is 11.8 Å². The van der Waals surface area contributed by atoms with Gasteiger partial charge in [0, 0.05) is 12.1 Å². The van der Waals surface area contributed by atoms with E-state index in [9.17, 15) is 9.59 Å². The van der Waals surface area contributed by atoms with Gasteiger partial charge in [0.1, 0.15) is 11.4 Å². The van der Waals surface area contributed by atoms with Crippen molar-refractivity contribution in [2.75, 3.05) is 13.9 Å². The fourth-order valence-corrected chi connectivity index (χ4v) is 3.14. The minimum absolute atomic E-state index is 0.112. The Labute approximate surface area is 185 Å². The molecule has 0 fully saturated rings. The summed E-state index contributed by atoms with van der Waals surface area (Å²) < 4.78 is 15.9. The molecule has 1 aliphatic heterocycles.